The van der Waals surface area contributed by atoms with E-state index in [0.29, 0.717) is 39.6 Å². The summed E-state index contributed by atoms with van der Waals surface area (Å²) < 4.78 is 85.3. The fourth-order valence-electron chi connectivity index (χ4n) is 7.09. The quantitative estimate of drug-likeness (QED) is 0.158. The fourth-order valence-corrected chi connectivity index (χ4v) is 7.09. The van der Waals surface area contributed by atoms with Gasteiger partial charge in [0.15, 0.2) is 17.5 Å². The summed E-state index contributed by atoms with van der Waals surface area (Å²) in [6.45, 7) is 0. The maximum Gasteiger partial charge on any atom is 0.416 e. The number of hydrogen-bond acceptors (Lipinski definition) is 4. The van der Waals surface area contributed by atoms with Gasteiger partial charge in [-0.2, -0.15) is 26.3 Å². The van der Waals surface area contributed by atoms with Crippen LogP contribution in [-0.4, -0.2) is 24.5 Å². The van der Waals surface area contributed by atoms with E-state index in [4.69, 9.17) is 15.0 Å². The van der Waals surface area contributed by atoms with Crippen molar-refractivity contribution in [2.45, 2.75) is 12.4 Å². The van der Waals surface area contributed by atoms with E-state index in [1.807, 2.05) is 120 Å². The molecule has 0 aliphatic carbocycles. The summed E-state index contributed by atoms with van der Waals surface area (Å²) in [7, 11) is 0. The summed E-state index contributed by atoms with van der Waals surface area (Å²) in [5, 5.41) is 1.37. The van der Waals surface area contributed by atoms with Gasteiger partial charge in [0.1, 0.15) is 0 Å². The van der Waals surface area contributed by atoms with E-state index in [1.54, 1.807) is 30.6 Å². The Morgan fingerprint density at radius 3 is 1.56 bits per heavy atom. The first kappa shape index (κ1) is 35.6. The zero-order chi connectivity index (χ0) is 39.3. The topological polar surface area (TPSA) is 56.5 Å². The van der Waals surface area contributed by atoms with Crippen molar-refractivity contribution in [1.82, 2.24) is 24.5 Å². The highest BCUT2D eigenvalue weighted by molar-refractivity contribution is 6.11. The van der Waals surface area contributed by atoms with E-state index in [0.717, 1.165) is 45.3 Å². The zero-order valence-corrected chi connectivity index (χ0v) is 29.6. The Balaban J connectivity index is 1.31. The number of alkyl halides is 6. The zero-order valence-electron chi connectivity index (χ0n) is 29.6. The van der Waals surface area contributed by atoms with Gasteiger partial charge < -0.3 is 4.57 Å². The molecule has 6 aromatic carbocycles. The monoisotopic (exact) mass is 763 g/mol. The lowest BCUT2D eigenvalue weighted by Crippen LogP contribution is -2.11. The predicted octanol–water partition coefficient (Wildman–Crippen LogP) is 12.7. The van der Waals surface area contributed by atoms with Crippen LogP contribution in [0.15, 0.2) is 164 Å². The van der Waals surface area contributed by atoms with Gasteiger partial charge in [-0.3, -0.25) is 4.98 Å². The van der Waals surface area contributed by atoms with Crippen LogP contribution in [0.2, 0.25) is 0 Å². The molecule has 9 rings (SSSR count). The van der Waals surface area contributed by atoms with Crippen molar-refractivity contribution in [2.75, 3.05) is 0 Å². The number of nitrogens with zero attached hydrogens (tertiary/aromatic N) is 5. The SMILES string of the molecule is FC(F)(F)c1cc(-c2ccc3c(c2)c2ccccc2n3-c2ccc(-c3cccnc3)cc2-c2nc(-c3ccccc3)nc(-c3ccccc3)n2)cc(C(F)(F)F)c1. The molecular weight excluding hydrogens is 737 g/mol. The van der Waals surface area contributed by atoms with E-state index in [2.05, 4.69) is 4.98 Å². The molecule has 0 aliphatic heterocycles. The van der Waals surface area contributed by atoms with Crippen molar-refractivity contribution in [2.24, 2.45) is 0 Å². The lowest BCUT2D eigenvalue weighted by Gasteiger charge is -2.16. The Labute approximate surface area is 321 Å². The number of fused-ring (bicyclic) bond motifs is 3. The smallest absolute Gasteiger partial charge is 0.309 e. The first-order valence-corrected chi connectivity index (χ1v) is 17.8. The van der Waals surface area contributed by atoms with E-state index in [-0.39, 0.29) is 17.2 Å². The third kappa shape index (κ3) is 6.77. The molecule has 0 unspecified atom stereocenters. The first-order chi connectivity index (χ1) is 27.5. The van der Waals surface area contributed by atoms with Gasteiger partial charge in [0, 0.05) is 45.4 Å². The molecule has 0 spiro atoms. The molecule has 3 aromatic heterocycles. The summed E-state index contributed by atoms with van der Waals surface area (Å²) in [6.07, 6.45) is -6.51. The molecule has 57 heavy (non-hydrogen) atoms. The lowest BCUT2D eigenvalue weighted by atomic mass is 9.97. The van der Waals surface area contributed by atoms with Crippen LogP contribution in [0.3, 0.4) is 0 Å². The van der Waals surface area contributed by atoms with Gasteiger partial charge in [0.2, 0.25) is 0 Å². The van der Waals surface area contributed by atoms with Crippen LogP contribution in [0.1, 0.15) is 11.1 Å². The molecule has 0 saturated carbocycles. The number of rotatable bonds is 6. The van der Waals surface area contributed by atoms with Crippen molar-refractivity contribution in [1.29, 1.82) is 0 Å². The molecule has 5 nitrogen and oxygen atoms in total. The summed E-state index contributed by atoms with van der Waals surface area (Å²) in [6, 6.07) is 42.9. The minimum absolute atomic E-state index is 0.137. The Morgan fingerprint density at radius 1 is 0.404 bits per heavy atom. The largest absolute Gasteiger partial charge is 0.416 e. The molecule has 3 heterocycles. The second kappa shape index (κ2) is 13.9. The van der Waals surface area contributed by atoms with Gasteiger partial charge in [-0.1, -0.05) is 97.1 Å². The van der Waals surface area contributed by atoms with Crippen LogP contribution in [0, 0.1) is 0 Å². The van der Waals surface area contributed by atoms with Crippen LogP contribution >= 0.6 is 0 Å². The Bertz CT molecular complexity index is 2830. The normalized spacial score (nSPS) is 12.0. The van der Waals surface area contributed by atoms with Crippen LogP contribution in [0.5, 0.6) is 0 Å². The second-order valence-corrected chi connectivity index (χ2v) is 13.4. The highest BCUT2D eigenvalue weighted by Crippen LogP contribution is 2.42. The van der Waals surface area contributed by atoms with E-state index >= 15 is 0 Å². The number of pyridine rings is 1. The van der Waals surface area contributed by atoms with Gasteiger partial charge in [0.25, 0.3) is 0 Å². The molecule has 0 N–H and O–H groups in total. The third-order valence-corrected chi connectivity index (χ3v) is 9.77. The fraction of sp³-hybridized carbons (Fsp3) is 0.0435. The molecule has 0 bridgehead atoms. The lowest BCUT2D eigenvalue weighted by molar-refractivity contribution is -0.143. The molecule has 9 aromatic rings. The Kier molecular flexibility index (Phi) is 8.65. The molecule has 0 atom stereocenters. The number of benzene rings is 6. The van der Waals surface area contributed by atoms with E-state index in [1.165, 1.54) is 0 Å². The molecule has 0 radical (unpaired) electrons. The third-order valence-electron chi connectivity index (χ3n) is 9.77. The molecule has 278 valence electrons. The van der Waals surface area contributed by atoms with Crippen molar-refractivity contribution in [3.8, 4) is 62.1 Å². The number of hydrogen-bond donors (Lipinski definition) is 0. The second-order valence-electron chi connectivity index (χ2n) is 13.4. The molecule has 0 saturated heterocycles. The summed E-state index contributed by atoms with van der Waals surface area (Å²) in [5.74, 6) is 1.31. The molecule has 0 fully saturated rings. The van der Waals surface area contributed by atoms with Gasteiger partial charge in [-0.15, -0.1) is 0 Å². The van der Waals surface area contributed by atoms with Gasteiger partial charge >= 0.3 is 12.4 Å². The molecule has 0 amide bonds. The molecule has 11 heteroatoms. The molecular formula is C46H27F6N5. The van der Waals surface area contributed by atoms with Gasteiger partial charge in [-0.05, 0) is 71.3 Å². The van der Waals surface area contributed by atoms with Crippen LogP contribution in [0.4, 0.5) is 26.3 Å². The Hall–Kier alpha value is -7.14. The maximum absolute atomic E-state index is 13.9. The van der Waals surface area contributed by atoms with Crippen molar-refractivity contribution in [3.63, 3.8) is 0 Å². The molecule has 0 aliphatic rings. The average molecular weight is 764 g/mol. The summed E-state index contributed by atoms with van der Waals surface area (Å²) in [5.41, 5.74) is 3.26. The summed E-state index contributed by atoms with van der Waals surface area (Å²) in [4.78, 5) is 19.3. The van der Waals surface area contributed by atoms with E-state index in [9.17, 15) is 26.3 Å². The van der Waals surface area contributed by atoms with Crippen molar-refractivity contribution < 1.29 is 26.3 Å². The van der Waals surface area contributed by atoms with Crippen LogP contribution < -0.4 is 0 Å². The number of para-hydroxylation sites is 1. The highest BCUT2D eigenvalue weighted by Gasteiger charge is 2.37. The number of aromatic nitrogens is 5. The number of halogens is 6. The minimum Gasteiger partial charge on any atom is -0.309 e. The van der Waals surface area contributed by atoms with Crippen LogP contribution in [0.25, 0.3) is 83.9 Å². The van der Waals surface area contributed by atoms with E-state index < -0.39 is 23.5 Å². The van der Waals surface area contributed by atoms with Crippen LogP contribution in [-0.2, 0) is 12.4 Å². The van der Waals surface area contributed by atoms with Gasteiger partial charge in [0.05, 0.1) is 27.8 Å². The van der Waals surface area contributed by atoms with Gasteiger partial charge in [-0.25, -0.2) is 15.0 Å². The van der Waals surface area contributed by atoms with Crippen molar-refractivity contribution in [3.05, 3.63) is 175 Å². The first-order valence-electron chi connectivity index (χ1n) is 17.8. The Morgan fingerprint density at radius 2 is 0.947 bits per heavy atom. The highest BCUT2D eigenvalue weighted by atomic mass is 19.4. The summed E-state index contributed by atoms with van der Waals surface area (Å²) >= 11 is 0. The minimum atomic E-state index is -4.98. The predicted molar refractivity (Wildman–Crippen MR) is 209 cm³/mol. The standard InChI is InChI=1S/C46H27F6N5/c47-45(48,49)34-22-33(23-35(26-34)46(50,51)52)31-18-19-40-37(24-31)36-15-7-8-16-39(36)57(40)41-20-17-30(32-14-9-21-53-27-32)25-38(41)44-55-42(28-10-3-1-4-11-28)54-43(56-44)29-12-5-2-6-13-29/h1-27H. The average Bonchev–Trinajstić information content (AvgIpc) is 3.57. The maximum atomic E-state index is 13.9. The van der Waals surface area contributed by atoms with Crippen molar-refractivity contribution >= 4 is 21.8 Å².